The van der Waals surface area contributed by atoms with Gasteiger partial charge in [-0.05, 0) is 12.1 Å². The Morgan fingerprint density at radius 2 is 2.00 bits per heavy atom. The molecule has 0 amide bonds. The summed E-state index contributed by atoms with van der Waals surface area (Å²) < 4.78 is 25.7. The van der Waals surface area contributed by atoms with Crippen LogP contribution in [0.5, 0.6) is 23.0 Å². The molecule has 0 radical (unpaired) electrons. The van der Waals surface area contributed by atoms with Crippen molar-refractivity contribution >= 4 is 12.0 Å². The van der Waals surface area contributed by atoms with Crippen LogP contribution in [0, 0.1) is 11.3 Å². The number of carbonyl (C=O) groups is 1. The number of benzene rings is 1. The summed E-state index contributed by atoms with van der Waals surface area (Å²) in [6.45, 7) is 0.0390. The third-order valence-corrected chi connectivity index (χ3v) is 2.84. The van der Waals surface area contributed by atoms with Crippen LogP contribution in [-0.4, -0.2) is 34.1 Å². The molecule has 2 rings (SSSR count). The van der Waals surface area contributed by atoms with Gasteiger partial charge in [-0.15, -0.1) is 0 Å². The topological polar surface area (TPSA) is 87.0 Å². The Labute approximate surface area is 121 Å². The van der Waals surface area contributed by atoms with Crippen LogP contribution in [-0.2, 0) is 9.53 Å². The van der Waals surface area contributed by atoms with Crippen LogP contribution in [0.1, 0.15) is 5.56 Å². The van der Waals surface area contributed by atoms with E-state index in [2.05, 4.69) is 4.74 Å². The van der Waals surface area contributed by atoms with Crippen molar-refractivity contribution in [2.24, 2.45) is 0 Å². The predicted octanol–water partition coefficient (Wildman–Crippen LogP) is 1.51. The van der Waals surface area contributed by atoms with Crippen LogP contribution >= 0.6 is 0 Å². The van der Waals surface area contributed by atoms with E-state index >= 15 is 0 Å². The van der Waals surface area contributed by atoms with Gasteiger partial charge in [0.2, 0.25) is 18.3 Å². The molecule has 0 N–H and O–H groups in total. The van der Waals surface area contributed by atoms with E-state index in [-0.39, 0.29) is 12.4 Å². The Morgan fingerprint density at radius 3 is 2.57 bits per heavy atom. The number of nitrogens with zero attached hydrogens (tertiary/aromatic N) is 1. The van der Waals surface area contributed by atoms with E-state index in [0.717, 1.165) is 0 Å². The molecular formula is C14H13NO6. The number of nitriles is 1. The highest BCUT2D eigenvalue weighted by Crippen LogP contribution is 2.49. The zero-order valence-corrected chi connectivity index (χ0v) is 11.8. The van der Waals surface area contributed by atoms with Crippen LogP contribution in [0.2, 0.25) is 0 Å². The van der Waals surface area contributed by atoms with Crippen molar-refractivity contribution in [2.75, 3.05) is 28.1 Å². The highest BCUT2D eigenvalue weighted by atomic mass is 16.7. The summed E-state index contributed by atoms with van der Waals surface area (Å²) in [5.74, 6) is 0.807. The molecule has 7 heteroatoms. The van der Waals surface area contributed by atoms with E-state index in [0.29, 0.717) is 28.6 Å². The van der Waals surface area contributed by atoms with Crippen LogP contribution in [0.25, 0.3) is 6.08 Å². The monoisotopic (exact) mass is 291 g/mol. The Bertz CT molecular complexity index is 644. The minimum absolute atomic E-state index is 0.0390. The fourth-order valence-corrected chi connectivity index (χ4v) is 1.91. The Hall–Kier alpha value is -2.88. The maximum absolute atomic E-state index is 11.5. The van der Waals surface area contributed by atoms with Crippen molar-refractivity contribution in [1.82, 2.24) is 0 Å². The molecule has 0 atom stereocenters. The number of hydrogen-bond donors (Lipinski definition) is 0. The molecule has 1 aromatic carbocycles. The number of ether oxygens (including phenoxy) is 5. The van der Waals surface area contributed by atoms with Crippen molar-refractivity contribution in [2.45, 2.75) is 0 Å². The van der Waals surface area contributed by atoms with Crippen LogP contribution in [0.3, 0.4) is 0 Å². The summed E-state index contributed by atoms with van der Waals surface area (Å²) in [5, 5.41) is 9.03. The van der Waals surface area contributed by atoms with E-state index in [1.807, 2.05) is 0 Å². The van der Waals surface area contributed by atoms with Gasteiger partial charge in [0.15, 0.2) is 11.5 Å². The third-order valence-electron chi connectivity index (χ3n) is 2.84. The average Bonchev–Trinajstić information content (AvgIpc) is 3.00. The van der Waals surface area contributed by atoms with E-state index in [1.165, 1.54) is 27.4 Å². The minimum Gasteiger partial charge on any atom is -0.493 e. The first-order chi connectivity index (χ1) is 10.2. The van der Waals surface area contributed by atoms with Gasteiger partial charge in [-0.25, -0.2) is 4.79 Å². The van der Waals surface area contributed by atoms with Gasteiger partial charge in [-0.3, -0.25) is 0 Å². The predicted molar refractivity (Wildman–Crippen MR) is 71.3 cm³/mol. The molecule has 1 heterocycles. The van der Waals surface area contributed by atoms with Gasteiger partial charge in [-0.1, -0.05) is 0 Å². The fraction of sp³-hybridized carbons (Fsp3) is 0.286. The Morgan fingerprint density at radius 1 is 1.29 bits per heavy atom. The number of hydrogen-bond acceptors (Lipinski definition) is 7. The Kier molecular flexibility index (Phi) is 4.18. The molecule has 1 aliphatic heterocycles. The number of fused-ring (bicyclic) bond motifs is 1. The third kappa shape index (κ3) is 2.56. The van der Waals surface area contributed by atoms with Crippen molar-refractivity contribution in [3.8, 4) is 29.1 Å². The lowest BCUT2D eigenvalue weighted by Crippen LogP contribution is -2.03. The van der Waals surface area contributed by atoms with E-state index in [4.69, 9.17) is 24.2 Å². The summed E-state index contributed by atoms with van der Waals surface area (Å²) in [6.07, 6.45) is 1.34. The lowest BCUT2D eigenvalue weighted by Gasteiger charge is -2.11. The molecule has 0 bridgehead atoms. The number of methoxy groups -OCH3 is 3. The minimum atomic E-state index is -0.740. The van der Waals surface area contributed by atoms with Crippen LogP contribution < -0.4 is 18.9 Å². The summed E-state index contributed by atoms with van der Waals surface area (Å²) in [4.78, 5) is 11.5. The van der Waals surface area contributed by atoms with Gasteiger partial charge in [0.25, 0.3) is 0 Å². The lowest BCUT2D eigenvalue weighted by atomic mass is 10.1. The summed E-state index contributed by atoms with van der Waals surface area (Å²) in [7, 11) is 4.12. The maximum atomic E-state index is 11.5. The SMILES string of the molecule is COC(=O)C(C#N)=Cc1cc(OC)c2c(c1OC)OCO2. The highest BCUT2D eigenvalue weighted by molar-refractivity contribution is 5.98. The average molecular weight is 291 g/mol. The first-order valence-electron chi connectivity index (χ1n) is 5.91. The maximum Gasteiger partial charge on any atom is 0.348 e. The van der Waals surface area contributed by atoms with Gasteiger partial charge in [0.1, 0.15) is 11.6 Å². The first kappa shape index (κ1) is 14.5. The number of esters is 1. The van der Waals surface area contributed by atoms with Gasteiger partial charge in [0.05, 0.1) is 21.3 Å². The molecule has 110 valence electrons. The second-order valence-electron chi connectivity index (χ2n) is 3.93. The fourth-order valence-electron chi connectivity index (χ4n) is 1.91. The van der Waals surface area contributed by atoms with Crippen LogP contribution in [0.4, 0.5) is 0 Å². The largest absolute Gasteiger partial charge is 0.493 e. The van der Waals surface area contributed by atoms with Crippen LogP contribution in [0.15, 0.2) is 11.6 Å². The van der Waals surface area contributed by atoms with Crippen molar-refractivity contribution in [1.29, 1.82) is 5.26 Å². The first-order valence-corrected chi connectivity index (χ1v) is 5.91. The lowest BCUT2D eigenvalue weighted by molar-refractivity contribution is -0.135. The molecule has 0 spiro atoms. The van der Waals surface area contributed by atoms with Gasteiger partial charge < -0.3 is 23.7 Å². The molecular weight excluding hydrogens is 278 g/mol. The molecule has 0 unspecified atom stereocenters. The summed E-state index contributed by atoms with van der Waals surface area (Å²) >= 11 is 0. The van der Waals surface area contributed by atoms with Crippen molar-refractivity contribution < 1.29 is 28.5 Å². The smallest absolute Gasteiger partial charge is 0.348 e. The molecule has 0 saturated carbocycles. The molecule has 7 nitrogen and oxygen atoms in total. The quantitative estimate of drug-likeness (QED) is 0.472. The zero-order chi connectivity index (χ0) is 15.4. The molecule has 0 aliphatic carbocycles. The number of carbonyl (C=O) groups excluding carboxylic acids is 1. The normalized spacial score (nSPS) is 12.6. The zero-order valence-electron chi connectivity index (χ0n) is 11.8. The summed E-state index contributed by atoms with van der Waals surface area (Å²) in [5.41, 5.74) is 0.275. The second kappa shape index (κ2) is 6.05. The van der Waals surface area contributed by atoms with Crippen molar-refractivity contribution in [3.05, 3.63) is 17.2 Å². The molecule has 0 aromatic heterocycles. The second-order valence-corrected chi connectivity index (χ2v) is 3.93. The molecule has 1 aromatic rings. The van der Waals surface area contributed by atoms with Crippen molar-refractivity contribution in [3.63, 3.8) is 0 Å². The molecule has 0 fully saturated rings. The summed E-state index contributed by atoms with van der Waals surface area (Å²) in [6, 6.07) is 3.37. The van der Waals surface area contributed by atoms with Gasteiger partial charge in [0, 0.05) is 5.56 Å². The van der Waals surface area contributed by atoms with E-state index < -0.39 is 5.97 Å². The van der Waals surface area contributed by atoms with E-state index in [1.54, 1.807) is 12.1 Å². The van der Waals surface area contributed by atoms with E-state index in [9.17, 15) is 4.79 Å². The highest BCUT2D eigenvalue weighted by Gasteiger charge is 2.27. The number of rotatable bonds is 4. The standard InChI is InChI=1S/C14H13NO6/c1-17-10-5-8(4-9(6-15)14(16)19-3)11(18-2)13-12(10)20-7-21-13/h4-5H,7H2,1-3H3. The molecule has 0 saturated heterocycles. The van der Waals surface area contributed by atoms with Gasteiger partial charge in [-0.2, -0.15) is 5.26 Å². The molecule has 1 aliphatic rings. The Balaban J connectivity index is 2.61. The van der Waals surface area contributed by atoms with Gasteiger partial charge >= 0.3 is 5.97 Å². The molecule has 21 heavy (non-hydrogen) atoms.